The Morgan fingerprint density at radius 1 is 1.31 bits per heavy atom. The lowest BCUT2D eigenvalue weighted by Gasteiger charge is -2.11. The average Bonchev–Trinajstić information content (AvgIpc) is 3.04. The van der Waals surface area contributed by atoms with Gasteiger partial charge in [0.2, 0.25) is 0 Å². The number of carboxylic acids is 1. The van der Waals surface area contributed by atoms with E-state index in [0.717, 1.165) is 6.42 Å². The van der Waals surface area contributed by atoms with E-state index >= 15 is 0 Å². The number of carbonyl (C=O) groups is 2. The molecule has 134 valence electrons. The summed E-state index contributed by atoms with van der Waals surface area (Å²) in [6.45, 7) is 5.94. The van der Waals surface area contributed by atoms with Crippen LogP contribution in [0.3, 0.4) is 0 Å². The van der Waals surface area contributed by atoms with E-state index in [1.54, 1.807) is 24.4 Å². The summed E-state index contributed by atoms with van der Waals surface area (Å²) in [4.78, 5) is 28.4. The van der Waals surface area contributed by atoms with Crippen LogP contribution in [-0.2, 0) is 0 Å². The van der Waals surface area contributed by atoms with E-state index in [2.05, 4.69) is 22.3 Å². The number of nitrogens with one attached hydrogen (secondary N) is 1. The Morgan fingerprint density at radius 3 is 2.77 bits per heavy atom. The fourth-order valence-electron chi connectivity index (χ4n) is 2.75. The van der Waals surface area contributed by atoms with E-state index in [-0.39, 0.29) is 17.5 Å². The smallest absolute Gasteiger partial charge is 0.335 e. The Labute approximate surface area is 150 Å². The molecule has 7 nitrogen and oxygen atoms in total. The topological polar surface area (TPSA) is 97.1 Å². The molecule has 2 heterocycles. The van der Waals surface area contributed by atoms with Gasteiger partial charge in [-0.3, -0.25) is 4.79 Å². The molecule has 2 N–H and O–H groups in total. The summed E-state index contributed by atoms with van der Waals surface area (Å²) in [5.74, 6) is -1.37. The number of aromatic nitrogens is 3. The van der Waals surface area contributed by atoms with Gasteiger partial charge < -0.3 is 10.4 Å². The van der Waals surface area contributed by atoms with Crippen LogP contribution in [0.4, 0.5) is 5.69 Å². The van der Waals surface area contributed by atoms with Gasteiger partial charge in [0, 0.05) is 11.4 Å². The van der Waals surface area contributed by atoms with Gasteiger partial charge in [0.15, 0.2) is 5.65 Å². The van der Waals surface area contributed by atoms with Gasteiger partial charge in [-0.25, -0.2) is 14.5 Å². The molecule has 0 bridgehead atoms. The maximum absolute atomic E-state index is 12.8. The monoisotopic (exact) mass is 352 g/mol. The van der Waals surface area contributed by atoms with E-state index in [0.29, 0.717) is 28.0 Å². The number of hydrogen-bond donors (Lipinski definition) is 2. The average molecular weight is 352 g/mol. The lowest BCUT2D eigenvalue weighted by Crippen LogP contribution is -2.14. The molecule has 3 aromatic rings. The lowest BCUT2D eigenvalue weighted by molar-refractivity contribution is 0.0696. The van der Waals surface area contributed by atoms with E-state index in [1.807, 2.05) is 18.5 Å². The quantitative estimate of drug-likeness (QED) is 0.730. The van der Waals surface area contributed by atoms with Gasteiger partial charge in [-0.1, -0.05) is 13.0 Å². The molecular weight excluding hydrogens is 332 g/mol. The minimum atomic E-state index is -1.04. The van der Waals surface area contributed by atoms with Crippen LogP contribution >= 0.6 is 0 Å². The highest BCUT2D eigenvalue weighted by Gasteiger charge is 2.18. The third kappa shape index (κ3) is 3.28. The molecule has 0 fully saturated rings. The molecule has 2 aromatic heterocycles. The SMILES string of the molecule is CCC(C)n1ncc2c(C(=O)Nc3cccc(C(=O)O)c3)cc(C)nc21. The number of hydrogen-bond acceptors (Lipinski definition) is 4. The highest BCUT2D eigenvalue weighted by Crippen LogP contribution is 2.23. The Hall–Kier alpha value is -3.22. The second kappa shape index (κ2) is 6.95. The van der Waals surface area contributed by atoms with Crippen molar-refractivity contribution in [2.45, 2.75) is 33.2 Å². The highest BCUT2D eigenvalue weighted by atomic mass is 16.4. The Kier molecular flexibility index (Phi) is 4.71. The van der Waals surface area contributed by atoms with Crippen molar-refractivity contribution in [2.24, 2.45) is 0 Å². The van der Waals surface area contributed by atoms with Crippen LogP contribution in [0.25, 0.3) is 11.0 Å². The first-order valence-corrected chi connectivity index (χ1v) is 8.40. The van der Waals surface area contributed by atoms with E-state index in [9.17, 15) is 9.59 Å². The van der Waals surface area contributed by atoms with Crippen LogP contribution in [0, 0.1) is 6.92 Å². The maximum atomic E-state index is 12.8. The fourth-order valence-corrected chi connectivity index (χ4v) is 2.75. The molecule has 3 rings (SSSR count). The molecule has 1 amide bonds. The molecule has 26 heavy (non-hydrogen) atoms. The number of rotatable bonds is 5. The van der Waals surface area contributed by atoms with Gasteiger partial charge in [0.25, 0.3) is 5.91 Å². The van der Waals surface area contributed by atoms with Crippen molar-refractivity contribution < 1.29 is 14.7 Å². The molecule has 7 heteroatoms. The van der Waals surface area contributed by atoms with Crippen LogP contribution in [-0.4, -0.2) is 31.7 Å². The van der Waals surface area contributed by atoms with Gasteiger partial charge in [0.1, 0.15) is 0 Å². The molecule has 0 aliphatic heterocycles. The van der Waals surface area contributed by atoms with Crippen LogP contribution < -0.4 is 5.32 Å². The summed E-state index contributed by atoms with van der Waals surface area (Å²) in [7, 11) is 0. The Balaban J connectivity index is 1.99. The first kappa shape index (κ1) is 17.6. The summed E-state index contributed by atoms with van der Waals surface area (Å²) in [5.41, 5.74) is 2.38. The molecule has 0 spiro atoms. The molecule has 0 radical (unpaired) electrons. The first-order chi connectivity index (χ1) is 12.4. The largest absolute Gasteiger partial charge is 0.478 e. The van der Waals surface area contributed by atoms with E-state index in [4.69, 9.17) is 5.11 Å². The number of carbonyl (C=O) groups excluding carboxylic acids is 1. The van der Waals surface area contributed by atoms with Crippen molar-refractivity contribution in [2.75, 3.05) is 5.32 Å². The first-order valence-electron chi connectivity index (χ1n) is 8.40. The molecule has 1 atom stereocenters. The molecule has 1 unspecified atom stereocenters. The molecule has 0 aliphatic rings. The van der Waals surface area contributed by atoms with E-state index < -0.39 is 5.97 Å². The summed E-state index contributed by atoms with van der Waals surface area (Å²) in [5, 5.41) is 16.9. The van der Waals surface area contributed by atoms with Gasteiger partial charge in [-0.15, -0.1) is 0 Å². The summed E-state index contributed by atoms with van der Waals surface area (Å²) >= 11 is 0. The van der Waals surface area contributed by atoms with E-state index in [1.165, 1.54) is 12.1 Å². The third-order valence-electron chi connectivity index (χ3n) is 4.32. The Morgan fingerprint density at radius 2 is 2.08 bits per heavy atom. The zero-order chi connectivity index (χ0) is 18.8. The van der Waals surface area contributed by atoms with Gasteiger partial charge >= 0.3 is 5.97 Å². The van der Waals surface area contributed by atoms with Crippen LogP contribution in [0.15, 0.2) is 36.5 Å². The standard InChI is InChI=1S/C19H20N4O3/c1-4-12(3)23-17-16(10-20-23)15(8-11(2)21-17)18(24)22-14-7-5-6-13(9-14)19(25)26/h5-10,12H,4H2,1-3H3,(H,22,24)(H,25,26). The third-order valence-corrected chi connectivity index (χ3v) is 4.32. The normalized spacial score (nSPS) is 12.1. The molecule has 0 aliphatic carbocycles. The van der Waals surface area contributed by atoms with Gasteiger partial charge in [-0.2, -0.15) is 5.10 Å². The summed E-state index contributed by atoms with van der Waals surface area (Å²) < 4.78 is 1.82. The molecular formula is C19H20N4O3. The van der Waals surface area contributed by atoms with Crippen molar-refractivity contribution in [3.05, 3.63) is 53.3 Å². The number of benzene rings is 1. The maximum Gasteiger partial charge on any atom is 0.335 e. The van der Waals surface area contributed by atoms with Crippen molar-refractivity contribution in [3.8, 4) is 0 Å². The number of pyridine rings is 1. The zero-order valence-electron chi connectivity index (χ0n) is 14.9. The predicted octanol–water partition coefficient (Wildman–Crippen LogP) is 3.66. The fraction of sp³-hybridized carbons (Fsp3) is 0.263. The minimum absolute atomic E-state index is 0.114. The van der Waals surface area contributed by atoms with Crippen LogP contribution in [0.5, 0.6) is 0 Å². The summed E-state index contributed by atoms with van der Waals surface area (Å²) in [6, 6.07) is 8.02. The van der Waals surface area contributed by atoms with Crippen LogP contribution in [0.1, 0.15) is 52.7 Å². The van der Waals surface area contributed by atoms with Gasteiger partial charge in [0.05, 0.1) is 28.8 Å². The number of aromatic carboxylic acids is 1. The Bertz CT molecular complexity index is 994. The molecule has 0 saturated heterocycles. The second-order valence-electron chi connectivity index (χ2n) is 6.23. The summed E-state index contributed by atoms with van der Waals surface area (Å²) in [6.07, 6.45) is 2.55. The number of aryl methyl sites for hydroxylation is 1. The number of amides is 1. The zero-order valence-corrected chi connectivity index (χ0v) is 14.9. The minimum Gasteiger partial charge on any atom is -0.478 e. The predicted molar refractivity (Wildman–Crippen MR) is 98.6 cm³/mol. The highest BCUT2D eigenvalue weighted by molar-refractivity contribution is 6.12. The number of nitrogens with zero attached hydrogens (tertiary/aromatic N) is 3. The number of fused-ring (bicyclic) bond motifs is 1. The number of anilines is 1. The second-order valence-corrected chi connectivity index (χ2v) is 6.23. The van der Waals surface area contributed by atoms with Crippen molar-refractivity contribution in [1.29, 1.82) is 0 Å². The molecule has 1 aromatic carbocycles. The molecule has 0 saturated carbocycles. The van der Waals surface area contributed by atoms with Crippen molar-refractivity contribution >= 4 is 28.6 Å². The lowest BCUT2D eigenvalue weighted by atomic mass is 10.1. The van der Waals surface area contributed by atoms with Crippen LogP contribution in [0.2, 0.25) is 0 Å². The number of carboxylic acid groups (broad SMARTS) is 1. The van der Waals surface area contributed by atoms with Gasteiger partial charge in [-0.05, 0) is 44.5 Å². The van der Waals surface area contributed by atoms with Crippen molar-refractivity contribution in [3.63, 3.8) is 0 Å². The van der Waals surface area contributed by atoms with Crippen molar-refractivity contribution in [1.82, 2.24) is 14.8 Å².